The second-order valence-electron chi connectivity index (χ2n) is 6.25. The Morgan fingerprint density at radius 3 is 2.81 bits per heavy atom. The molecule has 3 N–H and O–H groups in total. The van der Waals surface area contributed by atoms with Crippen molar-refractivity contribution in [2.24, 2.45) is 10.7 Å². The molecule has 0 aliphatic rings. The van der Waals surface area contributed by atoms with Crippen LogP contribution in [0.3, 0.4) is 0 Å². The third-order valence-electron chi connectivity index (χ3n) is 4.25. The number of aromatic nitrogens is 3. The lowest BCUT2D eigenvalue weighted by Crippen LogP contribution is -2.34. The molecule has 2 aromatic rings. The zero-order chi connectivity index (χ0) is 20.1. The van der Waals surface area contributed by atoms with Gasteiger partial charge in [-0.1, -0.05) is 31.9 Å². The maximum absolute atomic E-state index is 13.7. The van der Waals surface area contributed by atoms with E-state index >= 15 is 0 Å². The highest BCUT2D eigenvalue weighted by Crippen LogP contribution is 2.23. The van der Waals surface area contributed by atoms with Crippen molar-refractivity contribution >= 4 is 28.8 Å². The van der Waals surface area contributed by atoms with E-state index in [1.54, 1.807) is 12.3 Å². The summed E-state index contributed by atoms with van der Waals surface area (Å²) >= 11 is 5.78. The summed E-state index contributed by atoms with van der Waals surface area (Å²) in [4.78, 5) is 34.9. The number of hydrogen-bond donors (Lipinski definition) is 2. The molecule has 0 fully saturated rings. The van der Waals surface area contributed by atoms with E-state index in [9.17, 15) is 14.0 Å². The molecule has 0 amide bonds. The second kappa shape index (κ2) is 9.05. The van der Waals surface area contributed by atoms with Crippen LogP contribution in [0.4, 0.5) is 4.39 Å². The van der Waals surface area contributed by atoms with Gasteiger partial charge in [0, 0.05) is 6.21 Å². The topological polar surface area (TPSA) is 106 Å². The van der Waals surface area contributed by atoms with Gasteiger partial charge in [0.2, 0.25) is 0 Å². The lowest BCUT2D eigenvalue weighted by molar-refractivity contribution is 0.539. The molecule has 7 nitrogen and oxygen atoms in total. The molecule has 27 heavy (non-hydrogen) atoms. The van der Waals surface area contributed by atoms with Crippen LogP contribution in [0.1, 0.15) is 46.1 Å². The Labute approximate surface area is 160 Å². The first-order valence-corrected chi connectivity index (χ1v) is 9.14. The van der Waals surface area contributed by atoms with Gasteiger partial charge in [-0.2, -0.15) is 0 Å². The molecule has 0 aromatic carbocycles. The fraction of sp³-hybridized carbons (Fsp3) is 0.444. The average molecular weight is 396 g/mol. The maximum Gasteiger partial charge on any atom is 0.330 e. The van der Waals surface area contributed by atoms with Gasteiger partial charge >= 0.3 is 5.69 Å². The molecule has 0 aliphatic carbocycles. The number of rotatable bonds is 7. The van der Waals surface area contributed by atoms with Crippen molar-refractivity contribution in [1.82, 2.24) is 14.5 Å². The molecule has 146 valence electrons. The number of aromatic amines is 1. The minimum Gasteiger partial charge on any atom is -0.310 e. The molecule has 2 aromatic heterocycles. The zero-order valence-electron chi connectivity index (χ0n) is 15.5. The Kier molecular flexibility index (Phi) is 7.04. The van der Waals surface area contributed by atoms with Gasteiger partial charge in [-0.05, 0) is 37.5 Å². The van der Waals surface area contributed by atoms with Crippen molar-refractivity contribution in [3.8, 4) is 0 Å². The first-order valence-electron chi connectivity index (χ1n) is 8.76. The molecule has 2 unspecified atom stereocenters. The highest BCUT2D eigenvalue weighted by molar-refractivity contribution is 6.29. The largest absolute Gasteiger partial charge is 0.330 e. The minimum atomic E-state index is -0.822. The van der Waals surface area contributed by atoms with Crippen molar-refractivity contribution in [3.05, 3.63) is 49.5 Å². The van der Waals surface area contributed by atoms with E-state index in [-0.39, 0.29) is 17.2 Å². The summed E-state index contributed by atoms with van der Waals surface area (Å²) in [6.45, 7) is 5.74. The minimum absolute atomic E-state index is 0.0365. The number of allylic oxidation sites excluding steroid dienone is 2. The van der Waals surface area contributed by atoms with Crippen LogP contribution in [0.2, 0.25) is 5.15 Å². The number of nitrogens with two attached hydrogens (primary N) is 1. The highest BCUT2D eigenvalue weighted by atomic mass is 35.5. The summed E-state index contributed by atoms with van der Waals surface area (Å²) in [5, 5.41) is -0.439. The van der Waals surface area contributed by atoms with Crippen LogP contribution in [-0.4, -0.2) is 26.9 Å². The number of halogens is 2. The lowest BCUT2D eigenvalue weighted by Gasteiger charge is -2.20. The van der Waals surface area contributed by atoms with Crippen LogP contribution < -0.4 is 17.0 Å². The smallest absolute Gasteiger partial charge is 0.310 e. The molecular formula is C18H23ClFN5O2. The van der Waals surface area contributed by atoms with Crippen molar-refractivity contribution in [3.63, 3.8) is 0 Å². The molecule has 2 rings (SSSR count). The summed E-state index contributed by atoms with van der Waals surface area (Å²) in [5.41, 5.74) is 5.35. The van der Waals surface area contributed by atoms with E-state index < -0.39 is 28.3 Å². The van der Waals surface area contributed by atoms with Gasteiger partial charge in [0.1, 0.15) is 0 Å². The monoisotopic (exact) mass is 395 g/mol. The van der Waals surface area contributed by atoms with E-state index in [1.165, 1.54) is 4.57 Å². The van der Waals surface area contributed by atoms with Crippen LogP contribution in [0.5, 0.6) is 0 Å². The Bertz CT molecular complexity index is 996. The molecular weight excluding hydrogens is 373 g/mol. The average Bonchev–Trinajstić information content (AvgIpc) is 2.60. The summed E-state index contributed by atoms with van der Waals surface area (Å²) in [6.07, 6.45) is 5.34. The number of H-pyrrole nitrogens is 1. The van der Waals surface area contributed by atoms with Crippen LogP contribution in [-0.2, 0) is 0 Å². The van der Waals surface area contributed by atoms with Crippen molar-refractivity contribution in [2.45, 2.75) is 52.2 Å². The standard InChI is InChI=1S/C18H23ClFN5O2/c1-4-6-14(21)22-8-7-10(3)13(5-2)25-16-11(17(26)24-18(25)27)9-12(20)15(19)23-16/h7-9,13-14H,4-6,21H2,1-3H3,(H,24,26,27)/b10-7-,22-8-. The second-order valence-corrected chi connectivity index (χ2v) is 6.61. The molecule has 0 saturated carbocycles. The fourth-order valence-electron chi connectivity index (χ4n) is 2.88. The summed E-state index contributed by atoms with van der Waals surface area (Å²) in [6, 6.07) is 0.566. The van der Waals surface area contributed by atoms with E-state index in [0.29, 0.717) is 6.42 Å². The van der Waals surface area contributed by atoms with Gasteiger partial charge in [0.05, 0.1) is 17.6 Å². The maximum atomic E-state index is 13.7. The quantitative estimate of drug-likeness (QED) is 0.555. The van der Waals surface area contributed by atoms with E-state index in [1.807, 2.05) is 20.8 Å². The molecule has 0 radical (unpaired) electrons. The van der Waals surface area contributed by atoms with E-state index in [2.05, 4.69) is 15.0 Å². The predicted octanol–water partition coefficient (Wildman–Crippen LogP) is 2.93. The number of aliphatic imine (C=N–C) groups is 1. The van der Waals surface area contributed by atoms with Crippen molar-refractivity contribution < 1.29 is 4.39 Å². The van der Waals surface area contributed by atoms with Gasteiger partial charge in [-0.15, -0.1) is 0 Å². The first-order chi connectivity index (χ1) is 12.8. The molecule has 2 heterocycles. The molecule has 0 bridgehead atoms. The van der Waals surface area contributed by atoms with E-state index in [4.69, 9.17) is 17.3 Å². The molecule has 0 aliphatic heterocycles. The predicted molar refractivity (Wildman–Crippen MR) is 106 cm³/mol. The van der Waals surface area contributed by atoms with Crippen LogP contribution in [0, 0.1) is 5.82 Å². The van der Waals surface area contributed by atoms with Gasteiger partial charge < -0.3 is 5.73 Å². The molecule has 9 heteroatoms. The summed E-state index contributed by atoms with van der Waals surface area (Å²) < 4.78 is 15.0. The van der Waals surface area contributed by atoms with Gasteiger partial charge in [0.15, 0.2) is 16.6 Å². The van der Waals surface area contributed by atoms with Crippen LogP contribution in [0.25, 0.3) is 11.0 Å². The number of nitrogens with one attached hydrogen (secondary N) is 1. The van der Waals surface area contributed by atoms with Crippen LogP contribution >= 0.6 is 11.6 Å². The summed E-state index contributed by atoms with van der Waals surface area (Å²) in [7, 11) is 0. The van der Waals surface area contributed by atoms with Crippen LogP contribution in [0.15, 0.2) is 32.3 Å². The van der Waals surface area contributed by atoms with Gasteiger partial charge in [-0.3, -0.25) is 19.3 Å². The Morgan fingerprint density at radius 2 is 2.19 bits per heavy atom. The highest BCUT2D eigenvalue weighted by Gasteiger charge is 2.19. The Morgan fingerprint density at radius 1 is 1.48 bits per heavy atom. The third-order valence-corrected chi connectivity index (χ3v) is 4.51. The van der Waals surface area contributed by atoms with Gasteiger partial charge in [-0.25, -0.2) is 14.2 Å². The number of hydrogen-bond acceptors (Lipinski definition) is 5. The van der Waals surface area contributed by atoms with Gasteiger partial charge in [0.25, 0.3) is 5.56 Å². The Hall–Kier alpha value is -2.32. The fourth-order valence-corrected chi connectivity index (χ4v) is 3.01. The first kappa shape index (κ1) is 21.0. The summed E-state index contributed by atoms with van der Waals surface area (Å²) in [5.74, 6) is -0.822. The van der Waals surface area contributed by atoms with E-state index in [0.717, 1.165) is 24.5 Å². The third kappa shape index (κ3) is 4.70. The number of fused-ring (bicyclic) bond motifs is 1. The zero-order valence-corrected chi connectivity index (χ0v) is 16.3. The number of nitrogens with zero attached hydrogens (tertiary/aromatic N) is 3. The number of pyridine rings is 1. The molecule has 0 spiro atoms. The van der Waals surface area contributed by atoms with Crippen molar-refractivity contribution in [1.29, 1.82) is 0 Å². The van der Waals surface area contributed by atoms with Crippen molar-refractivity contribution in [2.75, 3.05) is 0 Å². The molecule has 0 saturated heterocycles. The Balaban J connectivity index is 2.57. The molecule has 2 atom stereocenters. The SMILES string of the molecule is CCCC(N)/N=C\C=C(\C)C(CC)n1c(=O)[nH]c(=O)c2cc(F)c(Cl)nc21. The normalized spacial score (nSPS) is 14.8. The lowest BCUT2D eigenvalue weighted by atomic mass is 10.1.